The van der Waals surface area contributed by atoms with Crippen LogP contribution in [-0.4, -0.2) is 55.0 Å². The number of piperazine rings is 1. The van der Waals surface area contributed by atoms with E-state index in [1.807, 2.05) is 23.1 Å². The molecular weight excluding hydrogens is 332 g/mol. The van der Waals surface area contributed by atoms with Crippen LogP contribution in [0.5, 0.6) is 5.75 Å². The van der Waals surface area contributed by atoms with Gasteiger partial charge in [0.05, 0.1) is 12.7 Å². The molecule has 0 bridgehead atoms. The minimum atomic E-state index is 0.0585. The number of halogens is 1. The SMILES string of the molecule is CCC(C)N1CCN(C(=O)c2ccc(Br)cc2OC)CC1. The fourth-order valence-corrected chi connectivity index (χ4v) is 2.98. The van der Waals surface area contributed by atoms with E-state index in [1.165, 1.54) is 0 Å². The predicted octanol–water partition coefficient (Wildman–Crippen LogP) is 3.01. The molecule has 0 aromatic heterocycles. The third-order valence-corrected chi connectivity index (χ3v) is 4.70. The van der Waals surface area contributed by atoms with Gasteiger partial charge in [-0.3, -0.25) is 9.69 Å². The molecule has 5 heteroatoms. The molecule has 2 rings (SSSR count). The Bertz CT molecular complexity index is 499. The first-order valence-electron chi connectivity index (χ1n) is 7.43. The average molecular weight is 355 g/mol. The van der Waals surface area contributed by atoms with Crippen LogP contribution in [0.3, 0.4) is 0 Å². The summed E-state index contributed by atoms with van der Waals surface area (Å²) in [6, 6.07) is 6.13. The van der Waals surface area contributed by atoms with Crippen molar-refractivity contribution in [3.63, 3.8) is 0 Å². The van der Waals surface area contributed by atoms with Crippen LogP contribution in [0.15, 0.2) is 22.7 Å². The van der Waals surface area contributed by atoms with Crippen LogP contribution in [0, 0.1) is 0 Å². The Kier molecular flexibility index (Phi) is 5.65. The lowest BCUT2D eigenvalue weighted by atomic mass is 10.1. The van der Waals surface area contributed by atoms with Gasteiger partial charge < -0.3 is 9.64 Å². The summed E-state index contributed by atoms with van der Waals surface area (Å²) in [7, 11) is 1.60. The molecule has 4 nitrogen and oxygen atoms in total. The first-order valence-corrected chi connectivity index (χ1v) is 8.23. The van der Waals surface area contributed by atoms with E-state index in [0.29, 0.717) is 17.4 Å². The number of ether oxygens (including phenoxy) is 1. The number of carbonyl (C=O) groups excluding carboxylic acids is 1. The van der Waals surface area contributed by atoms with Gasteiger partial charge in [0, 0.05) is 36.7 Å². The lowest BCUT2D eigenvalue weighted by Crippen LogP contribution is -2.51. The highest BCUT2D eigenvalue weighted by molar-refractivity contribution is 9.10. The van der Waals surface area contributed by atoms with E-state index >= 15 is 0 Å². The Morgan fingerprint density at radius 1 is 1.33 bits per heavy atom. The number of benzene rings is 1. The second kappa shape index (κ2) is 7.27. The zero-order valence-electron chi connectivity index (χ0n) is 12.9. The minimum absolute atomic E-state index is 0.0585. The third kappa shape index (κ3) is 3.77. The summed E-state index contributed by atoms with van der Waals surface area (Å²) in [5.74, 6) is 0.682. The van der Waals surface area contributed by atoms with E-state index in [1.54, 1.807) is 7.11 Å². The van der Waals surface area contributed by atoms with Crippen molar-refractivity contribution in [1.82, 2.24) is 9.80 Å². The Balaban J connectivity index is 2.05. The second-order valence-electron chi connectivity index (χ2n) is 5.43. The van der Waals surface area contributed by atoms with Crippen molar-refractivity contribution >= 4 is 21.8 Å². The molecule has 1 aromatic carbocycles. The highest BCUT2D eigenvalue weighted by Gasteiger charge is 2.25. The number of methoxy groups -OCH3 is 1. The van der Waals surface area contributed by atoms with Crippen molar-refractivity contribution in [3.05, 3.63) is 28.2 Å². The highest BCUT2D eigenvalue weighted by Crippen LogP contribution is 2.25. The van der Waals surface area contributed by atoms with E-state index in [0.717, 1.165) is 37.1 Å². The smallest absolute Gasteiger partial charge is 0.257 e. The van der Waals surface area contributed by atoms with Gasteiger partial charge in [0.1, 0.15) is 5.75 Å². The number of nitrogens with zero attached hydrogens (tertiary/aromatic N) is 2. The maximum Gasteiger partial charge on any atom is 0.257 e. The van der Waals surface area contributed by atoms with Crippen LogP contribution in [-0.2, 0) is 0 Å². The standard InChI is InChI=1S/C16H23BrN2O2/c1-4-12(2)18-7-9-19(10-8-18)16(20)14-6-5-13(17)11-15(14)21-3/h5-6,11-12H,4,7-10H2,1-3H3. The second-order valence-corrected chi connectivity index (χ2v) is 6.35. The molecule has 1 saturated heterocycles. The summed E-state index contributed by atoms with van der Waals surface area (Å²) >= 11 is 3.40. The highest BCUT2D eigenvalue weighted by atomic mass is 79.9. The molecule has 0 radical (unpaired) electrons. The fraction of sp³-hybridized carbons (Fsp3) is 0.562. The van der Waals surface area contributed by atoms with E-state index < -0.39 is 0 Å². The summed E-state index contributed by atoms with van der Waals surface area (Å²) in [4.78, 5) is 17.0. The molecule has 116 valence electrons. The Morgan fingerprint density at radius 3 is 2.57 bits per heavy atom. The van der Waals surface area contributed by atoms with Gasteiger partial charge >= 0.3 is 0 Å². The van der Waals surface area contributed by atoms with E-state index in [-0.39, 0.29) is 5.91 Å². The fourth-order valence-electron chi connectivity index (χ4n) is 2.64. The summed E-state index contributed by atoms with van der Waals surface area (Å²) in [6.07, 6.45) is 1.15. The molecule has 1 aliphatic rings. The normalized spacial score (nSPS) is 17.6. The van der Waals surface area contributed by atoms with E-state index in [9.17, 15) is 4.79 Å². The summed E-state index contributed by atoms with van der Waals surface area (Å²) in [5, 5.41) is 0. The van der Waals surface area contributed by atoms with Crippen LogP contribution < -0.4 is 4.74 Å². The number of carbonyl (C=O) groups is 1. The first-order chi connectivity index (χ1) is 10.1. The van der Waals surface area contributed by atoms with Crippen LogP contribution in [0.4, 0.5) is 0 Å². The molecule has 1 heterocycles. The predicted molar refractivity (Wildman–Crippen MR) is 87.9 cm³/mol. The topological polar surface area (TPSA) is 32.8 Å². The van der Waals surface area contributed by atoms with Gasteiger partial charge in [-0.15, -0.1) is 0 Å². The van der Waals surface area contributed by atoms with E-state index in [4.69, 9.17) is 4.74 Å². The van der Waals surface area contributed by atoms with Gasteiger partial charge in [-0.25, -0.2) is 0 Å². The van der Waals surface area contributed by atoms with Gasteiger partial charge in [-0.05, 0) is 31.5 Å². The van der Waals surface area contributed by atoms with Gasteiger partial charge in [0.2, 0.25) is 0 Å². The molecule has 1 aliphatic heterocycles. The molecule has 1 aromatic rings. The Morgan fingerprint density at radius 2 is 2.00 bits per heavy atom. The Labute approximate surface area is 135 Å². The van der Waals surface area contributed by atoms with Crippen molar-refractivity contribution in [2.24, 2.45) is 0 Å². The third-order valence-electron chi connectivity index (χ3n) is 4.21. The monoisotopic (exact) mass is 354 g/mol. The van der Waals surface area contributed by atoms with Gasteiger partial charge in [-0.2, -0.15) is 0 Å². The van der Waals surface area contributed by atoms with Crippen molar-refractivity contribution in [2.45, 2.75) is 26.3 Å². The van der Waals surface area contributed by atoms with Gasteiger partial charge in [0.15, 0.2) is 0 Å². The minimum Gasteiger partial charge on any atom is -0.496 e. The van der Waals surface area contributed by atoms with Gasteiger partial charge in [-0.1, -0.05) is 22.9 Å². The average Bonchev–Trinajstić information content (AvgIpc) is 2.53. The molecule has 1 unspecified atom stereocenters. The number of amides is 1. The lowest BCUT2D eigenvalue weighted by Gasteiger charge is -2.38. The molecule has 0 spiro atoms. The van der Waals surface area contributed by atoms with Crippen LogP contribution in [0.2, 0.25) is 0 Å². The molecule has 21 heavy (non-hydrogen) atoms. The maximum absolute atomic E-state index is 12.6. The van der Waals surface area contributed by atoms with E-state index in [2.05, 4.69) is 34.7 Å². The van der Waals surface area contributed by atoms with Crippen molar-refractivity contribution in [2.75, 3.05) is 33.3 Å². The molecule has 0 saturated carbocycles. The molecular formula is C16H23BrN2O2. The van der Waals surface area contributed by atoms with Crippen LogP contribution in [0.25, 0.3) is 0 Å². The molecule has 1 fully saturated rings. The summed E-state index contributed by atoms with van der Waals surface area (Å²) in [6.45, 7) is 7.90. The first kappa shape index (κ1) is 16.3. The quantitative estimate of drug-likeness (QED) is 0.832. The molecule has 1 amide bonds. The van der Waals surface area contributed by atoms with Crippen LogP contribution >= 0.6 is 15.9 Å². The summed E-state index contributed by atoms with van der Waals surface area (Å²) in [5.41, 5.74) is 0.637. The zero-order valence-corrected chi connectivity index (χ0v) is 14.5. The summed E-state index contributed by atoms with van der Waals surface area (Å²) < 4.78 is 6.24. The molecule has 1 atom stereocenters. The van der Waals surface area contributed by atoms with Crippen molar-refractivity contribution < 1.29 is 9.53 Å². The van der Waals surface area contributed by atoms with Crippen LogP contribution in [0.1, 0.15) is 30.6 Å². The molecule has 0 aliphatic carbocycles. The molecule has 0 N–H and O–H groups in total. The van der Waals surface area contributed by atoms with Crippen molar-refractivity contribution in [3.8, 4) is 5.75 Å². The van der Waals surface area contributed by atoms with Gasteiger partial charge in [0.25, 0.3) is 5.91 Å². The largest absolute Gasteiger partial charge is 0.496 e. The Hall–Kier alpha value is -1.07. The number of hydrogen-bond donors (Lipinski definition) is 0. The number of hydrogen-bond acceptors (Lipinski definition) is 3. The lowest BCUT2D eigenvalue weighted by molar-refractivity contribution is 0.0576. The zero-order chi connectivity index (χ0) is 15.4. The van der Waals surface area contributed by atoms with Crippen molar-refractivity contribution in [1.29, 1.82) is 0 Å². The maximum atomic E-state index is 12.6. The number of rotatable bonds is 4.